The molecule has 0 aromatic heterocycles. The van der Waals surface area contributed by atoms with Gasteiger partial charge in [-0.1, -0.05) is 0 Å². The monoisotopic (exact) mass is 264 g/mol. The second-order valence-corrected chi connectivity index (χ2v) is 5.57. The summed E-state index contributed by atoms with van der Waals surface area (Å²) in [6, 6.07) is 7.49. The minimum Gasteiger partial charge on any atom is -0.389 e. The van der Waals surface area contributed by atoms with Crippen LogP contribution in [0.5, 0.6) is 0 Å². The lowest BCUT2D eigenvalue weighted by molar-refractivity contribution is 0.0314. The molecular weight excluding hydrogens is 240 g/mol. The third-order valence-electron chi connectivity index (χ3n) is 2.88. The summed E-state index contributed by atoms with van der Waals surface area (Å²) in [5.41, 5.74) is 0.827. The number of hydrogen-bond acceptors (Lipinski definition) is 3. The van der Waals surface area contributed by atoms with E-state index in [2.05, 4.69) is 0 Å². The van der Waals surface area contributed by atoms with Crippen molar-refractivity contribution in [1.82, 2.24) is 4.90 Å². The molecular formula is C15H24N2O2. The van der Waals surface area contributed by atoms with Crippen molar-refractivity contribution < 1.29 is 9.90 Å². The first-order valence-electron chi connectivity index (χ1n) is 6.53. The summed E-state index contributed by atoms with van der Waals surface area (Å²) in [7, 11) is 3.92. The Bertz CT molecular complexity index is 419. The van der Waals surface area contributed by atoms with Crippen molar-refractivity contribution in [2.75, 3.05) is 32.1 Å². The van der Waals surface area contributed by atoms with E-state index in [1.54, 1.807) is 18.7 Å². The van der Waals surface area contributed by atoms with Gasteiger partial charge in [0, 0.05) is 38.4 Å². The molecule has 0 aliphatic rings. The molecule has 0 atom stereocenters. The molecule has 106 valence electrons. The van der Waals surface area contributed by atoms with Crippen LogP contribution >= 0.6 is 0 Å². The maximum absolute atomic E-state index is 12.3. The van der Waals surface area contributed by atoms with Crippen molar-refractivity contribution in [3.05, 3.63) is 29.8 Å². The first-order chi connectivity index (χ1) is 8.74. The third kappa shape index (κ3) is 4.56. The van der Waals surface area contributed by atoms with E-state index in [0.717, 1.165) is 5.69 Å². The minimum atomic E-state index is -0.880. The quantitative estimate of drug-likeness (QED) is 0.884. The Hall–Kier alpha value is -1.55. The van der Waals surface area contributed by atoms with Crippen LogP contribution in [0.4, 0.5) is 5.69 Å². The van der Waals surface area contributed by atoms with Crippen molar-refractivity contribution in [2.24, 2.45) is 0 Å². The molecule has 4 heteroatoms. The molecule has 1 amide bonds. The van der Waals surface area contributed by atoms with E-state index in [9.17, 15) is 9.90 Å². The van der Waals surface area contributed by atoms with Crippen LogP contribution in [0.1, 0.15) is 31.1 Å². The van der Waals surface area contributed by atoms with Crippen molar-refractivity contribution in [2.45, 2.75) is 26.4 Å². The Morgan fingerprint density at radius 2 is 1.74 bits per heavy atom. The highest BCUT2D eigenvalue weighted by Gasteiger charge is 2.22. The minimum absolute atomic E-state index is 0.0464. The molecule has 19 heavy (non-hydrogen) atoms. The second-order valence-electron chi connectivity index (χ2n) is 5.57. The van der Waals surface area contributed by atoms with Gasteiger partial charge in [0.2, 0.25) is 0 Å². The Balaban J connectivity index is 2.86. The zero-order chi connectivity index (χ0) is 14.6. The molecule has 1 N–H and O–H groups in total. The van der Waals surface area contributed by atoms with E-state index in [4.69, 9.17) is 0 Å². The Labute approximate surface area is 115 Å². The number of nitrogens with zero attached hydrogens (tertiary/aromatic N) is 2. The Kier molecular flexibility index (Phi) is 4.95. The van der Waals surface area contributed by atoms with Gasteiger partial charge in [-0.15, -0.1) is 0 Å². The predicted molar refractivity (Wildman–Crippen MR) is 78.6 cm³/mol. The van der Waals surface area contributed by atoms with Gasteiger partial charge in [-0.05, 0) is 45.0 Å². The maximum Gasteiger partial charge on any atom is 0.253 e. The van der Waals surface area contributed by atoms with Crippen LogP contribution in [0.2, 0.25) is 0 Å². The van der Waals surface area contributed by atoms with E-state index in [1.807, 2.05) is 50.2 Å². The van der Waals surface area contributed by atoms with Gasteiger partial charge >= 0.3 is 0 Å². The molecule has 0 bridgehead atoms. The van der Waals surface area contributed by atoms with Gasteiger partial charge in [0.15, 0.2) is 0 Å². The number of likely N-dealkylation sites (N-methyl/N-ethyl adjacent to an activating group) is 1. The maximum atomic E-state index is 12.3. The highest BCUT2D eigenvalue weighted by Crippen LogP contribution is 2.15. The lowest BCUT2D eigenvalue weighted by Crippen LogP contribution is -2.42. The van der Waals surface area contributed by atoms with Gasteiger partial charge in [0.25, 0.3) is 5.91 Å². The first kappa shape index (κ1) is 15.5. The summed E-state index contributed by atoms with van der Waals surface area (Å²) < 4.78 is 0. The number of aliphatic hydroxyl groups is 1. The van der Waals surface area contributed by atoms with Gasteiger partial charge in [0.1, 0.15) is 0 Å². The van der Waals surface area contributed by atoms with Crippen LogP contribution in [0.25, 0.3) is 0 Å². The molecule has 0 fully saturated rings. The Morgan fingerprint density at radius 3 is 2.11 bits per heavy atom. The fourth-order valence-electron chi connectivity index (χ4n) is 1.88. The van der Waals surface area contributed by atoms with Crippen LogP contribution in [-0.4, -0.2) is 48.7 Å². The van der Waals surface area contributed by atoms with Crippen LogP contribution in [0, 0.1) is 0 Å². The van der Waals surface area contributed by atoms with Crippen LogP contribution in [0.3, 0.4) is 0 Å². The highest BCUT2D eigenvalue weighted by atomic mass is 16.3. The molecule has 1 rings (SSSR count). The zero-order valence-electron chi connectivity index (χ0n) is 12.5. The molecule has 0 radical (unpaired) electrons. The summed E-state index contributed by atoms with van der Waals surface area (Å²) in [5.74, 6) is -0.0464. The Morgan fingerprint density at radius 1 is 1.21 bits per heavy atom. The third-order valence-corrected chi connectivity index (χ3v) is 2.88. The number of rotatable bonds is 5. The van der Waals surface area contributed by atoms with Crippen molar-refractivity contribution in [3.8, 4) is 0 Å². The van der Waals surface area contributed by atoms with Crippen molar-refractivity contribution in [3.63, 3.8) is 0 Å². The summed E-state index contributed by atoms with van der Waals surface area (Å²) in [5, 5.41) is 9.83. The number of hydrogen-bond donors (Lipinski definition) is 1. The van der Waals surface area contributed by atoms with E-state index < -0.39 is 5.60 Å². The lowest BCUT2D eigenvalue weighted by Gasteiger charge is -2.28. The van der Waals surface area contributed by atoms with Crippen LogP contribution in [0.15, 0.2) is 24.3 Å². The standard InChI is InChI=1S/C15H24N2O2/c1-6-17(11-15(2,3)19)14(18)12-7-9-13(10-8-12)16(4)5/h7-10,19H,6,11H2,1-5H3. The van der Waals surface area contributed by atoms with Gasteiger partial charge in [-0.25, -0.2) is 0 Å². The summed E-state index contributed by atoms with van der Waals surface area (Å²) in [6.07, 6.45) is 0. The van der Waals surface area contributed by atoms with Gasteiger partial charge in [-0.3, -0.25) is 4.79 Å². The fraction of sp³-hybridized carbons (Fsp3) is 0.533. The van der Waals surface area contributed by atoms with E-state index in [0.29, 0.717) is 18.7 Å². The highest BCUT2D eigenvalue weighted by molar-refractivity contribution is 5.94. The van der Waals surface area contributed by atoms with Gasteiger partial charge in [0.05, 0.1) is 5.60 Å². The topological polar surface area (TPSA) is 43.8 Å². The molecule has 1 aromatic rings. The van der Waals surface area contributed by atoms with Crippen molar-refractivity contribution in [1.29, 1.82) is 0 Å². The summed E-state index contributed by atoms with van der Waals surface area (Å²) >= 11 is 0. The molecule has 0 heterocycles. The van der Waals surface area contributed by atoms with Gasteiger partial charge < -0.3 is 14.9 Å². The number of anilines is 1. The summed E-state index contributed by atoms with van der Waals surface area (Å²) in [6.45, 7) is 6.24. The number of amides is 1. The molecule has 0 saturated carbocycles. The largest absolute Gasteiger partial charge is 0.389 e. The average molecular weight is 264 g/mol. The SMILES string of the molecule is CCN(CC(C)(C)O)C(=O)c1ccc(N(C)C)cc1. The molecule has 0 aliphatic heterocycles. The number of carbonyl (C=O) groups excluding carboxylic acids is 1. The van der Waals surface area contributed by atoms with Crippen molar-refractivity contribution >= 4 is 11.6 Å². The fourth-order valence-corrected chi connectivity index (χ4v) is 1.88. The molecule has 0 unspecified atom stereocenters. The normalized spacial score (nSPS) is 11.3. The smallest absolute Gasteiger partial charge is 0.253 e. The molecule has 0 saturated heterocycles. The molecule has 0 spiro atoms. The second kappa shape index (κ2) is 6.06. The molecule has 1 aromatic carbocycles. The summed E-state index contributed by atoms with van der Waals surface area (Å²) in [4.78, 5) is 16.0. The zero-order valence-corrected chi connectivity index (χ0v) is 12.5. The van der Waals surface area contributed by atoms with Crippen LogP contribution < -0.4 is 4.90 Å². The molecule has 4 nitrogen and oxygen atoms in total. The van der Waals surface area contributed by atoms with E-state index in [-0.39, 0.29) is 5.91 Å². The van der Waals surface area contributed by atoms with Gasteiger partial charge in [-0.2, -0.15) is 0 Å². The first-order valence-corrected chi connectivity index (χ1v) is 6.53. The molecule has 0 aliphatic carbocycles. The predicted octanol–water partition coefficient (Wildman–Crippen LogP) is 1.99. The average Bonchev–Trinajstić information content (AvgIpc) is 2.34. The van der Waals surface area contributed by atoms with E-state index in [1.165, 1.54) is 0 Å². The number of benzene rings is 1. The van der Waals surface area contributed by atoms with Crippen LogP contribution in [-0.2, 0) is 0 Å². The number of carbonyl (C=O) groups is 1. The lowest BCUT2D eigenvalue weighted by atomic mass is 10.1. The van der Waals surface area contributed by atoms with E-state index >= 15 is 0 Å².